The Balaban J connectivity index is 0.000000450. The molecule has 0 aliphatic carbocycles. The number of likely N-dealkylation sites (tertiary alicyclic amines) is 1. The summed E-state index contributed by atoms with van der Waals surface area (Å²) in [5.41, 5.74) is 0.263. The third-order valence-electron chi connectivity index (χ3n) is 3.73. The van der Waals surface area contributed by atoms with Gasteiger partial charge in [0.15, 0.2) is 0 Å². The quantitative estimate of drug-likeness (QED) is 0.715. The van der Waals surface area contributed by atoms with Gasteiger partial charge in [-0.05, 0) is 37.4 Å². The molecule has 1 fully saturated rings. The van der Waals surface area contributed by atoms with Gasteiger partial charge in [-0.25, -0.2) is 14.0 Å². The van der Waals surface area contributed by atoms with Gasteiger partial charge < -0.3 is 20.4 Å². The van der Waals surface area contributed by atoms with Gasteiger partial charge in [0.1, 0.15) is 5.82 Å². The van der Waals surface area contributed by atoms with Crippen molar-refractivity contribution < 1.29 is 29.0 Å². The molecular weight excluding hydrogens is 331 g/mol. The first-order valence-electron chi connectivity index (χ1n) is 8.02. The third kappa shape index (κ3) is 8.25. The van der Waals surface area contributed by atoms with E-state index in [9.17, 15) is 9.18 Å². The standard InChI is InChI=1S/C15H21FN2O.C2H2O4/c1-12-5-4-9-18(11-12)10-8-15(19)17-14-7-3-2-6-13(14)16;3-1(4)2(5)6/h2-3,6-7,12H,4-5,8-11H2,1H3,(H,17,19);(H,3,4)(H,5,6). The summed E-state index contributed by atoms with van der Waals surface area (Å²) in [6, 6.07) is 6.25. The summed E-state index contributed by atoms with van der Waals surface area (Å²) >= 11 is 0. The predicted octanol–water partition coefficient (Wildman–Crippen LogP) is 2.04. The molecule has 1 heterocycles. The summed E-state index contributed by atoms with van der Waals surface area (Å²) in [6.45, 7) is 5.13. The number of hydrogen-bond acceptors (Lipinski definition) is 4. The van der Waals surface area contributed by atoms with E-state index in [-0.39, 0.29) is 17.4 Å². The van der Waals surface area contributed by atoms with Crippen LogP contribution < -0.4 is 5.32 Å². The van der Waals surface area contributed by atoms with Crippen molar-refractivity contribution in [1.29, 1.82) is 0 Å². The summed E-state index contributed by atoms with van der Waals surface area (Å²) in [5.74, 6) is -3.45. The molecule has 25 heavy (non-hydrogen) atoms. The number of aliphatic carboxylic acids is 2. The van der Waals surface area contributed by atoms with Crippen LogP contribution in [0.5, 0.6) is 0 Å². The van der Waals surface area contributed by atoms with E-state index >= 15 is 0 Å². The maximum Gasteiger partial charge on any atom is 0.414 e. The minimum Gasteiger partial charge on any atom is -0.473 e. The van der Waals surface area contributed by atoms with Crippen LogP contribution in [0.15, 0.2) is 24.3 Å². The fourth-order valence-corrected chi connectivity index (χ4v) is 2.52. The highest BCUT2D eigenvalue weighted by atomic mass is 19.1. The SMILES string of the molecule is CC1CCCN(CCC(=O)Nc2ccccc2F)C1.O=C(O)C(=O)O. The van der Waals surface area contributed by atoms with Crippen LogP contribution in [0.1, 0.15) is 26.2 Å². The number of carboxylic acid groups (broad SMARTS) is 2. The van der Waals surface area contributed by atoms with Crippen LogP contribution in [-0.2, 0) is 14.4 Å². The molecule has 1 aromatic carbocycles. The van der Waals surface area contributed by atoms with Crippen molar-refractivity contribution in [3.63, 3.8) is 0 Å². The molecule has 0 aromatic heterocycles. The highest BCUT2D eigenvalue weighted by Crippen LogP contribution is 2.16. The molecule has 3 N–H and O–H groups in total. The molecule has 1 aromatic rings. The highest BCUT2D eigenvalue weighted by Gasteiger charge is 2.17. The van der Waals surface area contributed by atoms with Gasteiger partial charge in [0.05, 0.1) is 5.69 Å². The smallest absolute Gasteiger partial charge is 0.414 e. The van der Waals surface area contributed by atoms with Crippen LogP contribution in [0.3, 0.4) is 0 Å². The van der Waals surface area contributed by atoms with Gasteiger partial charge in [-0.2, -0.15) is 0 Å². The number of rotatable bonds is 4. The maximum absolute atomic E-state index is 13.4. The summed E-state index contributed by atoms with van der Waals surface area (Å²) in [6.07, 6.45) is 2.90. The lowest BCUT2D eigenvalue weighted by molar-refractivity contribution is -0.159. The van der Waals surface area contributed by atoms with Gasteiger partial charge in [-0.3, -0.25) is 4.79 Å². The number of amides is 1. The topological polar surface area (TPSA) is 107 Å². The zero-order valence-electron chi connectivity index (χ0n) is 14.1. The van der Waals surface area contributed by atoms with Gasteiger partial charge in [-0.1, -0.05) is 19.1 Å². The van der Waals surface area contributed by atoms with E-state index in [4.69, 9.17) is 19.8 Å². The van der Waals surface area contributed by atoms with E-state index in [0.717, 1.165) is 19.6 Å². The highest BCUT2D eigenvalue weighted by molar-refractivity contribution is 6.27. The van der Waals surface area contributed by atoms with E-state index in [1.54, 1.807) is 18.2 Å². The van der Waals surface area contributed by atoms with Crippen molar-refractivity contribution in [3.8, 4) is 0 Å². The van der Waals surface area contributed by atoms with Crippen LogP contribution in [-0.4, -0.2) is 52.6 Å². The van der Waals surface area contributed by atoms with Crippen molar-refractivity contribution >= 4 is 23.5 Å². The van der Waals surface area contributed by atoms with Gasteiger partial charge in [0.2, 0.25) is 5.91 Å². The second kappa shape index (κ2) is 10.4. The minimum atomic E-state index is -1.82. The minimum absolute atomic E-state index is 0.122. The number of nitrogens with zero attached hydrogens (tertiary/aromatic N) is 1. The molecular formula is C17H23FN2O5. The fourth-order valence-electron chi connectivity index (χ4n) is 2.52. The lowest BCUT2D eigenvalue weighted by atomic mass is 10.0. The Morgan fingerprint density at radius 1 is 1.24 bits per heavy atom. The first-order valence-corrected chi connectivity index (χ1v) is 8.02. The number of anilines is 1. The Hall–Kier alpha value is -2.48. The van der Waals surface area contributed by atoms with Crippen LogP contribution in [0, 0.1) is 11.7 Å². The first-order chi connectivity index (χ1) is 11.8. The van der Waals surface area contributed by atoms with Crippen molar-refractivity contribution in [3.05, 3.63) is 30.1 Å². The Morgan fingerprint density at radius 2 is 1.88 bits per heavy atom. The van der Waals surface area contributed by atoms with Gasteiger partial charge in [0.25, 0.3) is 0 Å². The fraction of sp³-hybridized carbons (Fsp3) is 0.471. The first kappa shape index (κ1) is 20.6. The van der Waals surface area contributed by atoms with E-state index in [0.29, 0.717) is 12.3 Å². The molecule has 0 spiro atoms. The van der Waals surface area contributed by atoms with Crippen molar-refractivity contribution in [1.82, 2.24) is 4.90 Å². The number of carbonyl (C=O) groups is 3. The average Bonchev–Trinajstić information content (AvgIpc) is 2.56. The molecule has 0 bridgehead atoms. The largest absolute Gasteiger partial charge is 0.473 e. The zero-order chi connectivity index (χ0) is 18.8. The van der Waals surface area contributed by atoms with E-state index in [1.807, 2.05) is 0 Å². The second-order valence-electron chi connectivity index (χ2n) is 5.94. The molecule has 1 unspecified atom stereocenters. The van der Waals surface area contributed by atoms with E-state index in [1.165, 1.54) is 18.9 Å². The molecule has 1 amide bonds. The summed E-state index contributed by atoms with van der Waals surface area (Å²) in [4.78, 5) is 32.3. The number of carboxylic acids is 2. The molecule has 7 nitrogen and oxygen atoms in total. The third-order valence-corrected chi connectivity index (χ3v) is 3.73. The van der Waals surface area contributed by atoms with Gasteiger partial charge in [0, 0.05) is 19.5 Å². The van der Waals surface area contributed by atoms with Crippen molar-refractivity contribution in [2.75, 3.05) is 25.0 Å². The zero-order valence-corrected chi connectivity index (χ0v) is 14.1. The molecule has 8 heteroatoms. The van der Waals surface area contributed by atoms with E-state index < -0.39 is 11.9 Å². The number of hydrogen-bond donors (Lipinski definition) is 3. The Labute approximate surface area is 145 Å². The molecule has 1 aliphatic heterocycles. The normalized spacial score (nSPS) is 17.1. The van der Waals surface area contributed by atoms with Crippen molar-refractivity contribution in [2.45, 2.75) is 26.2 Å². The molecule has 138 valence electrons. The Bertz CT molecular complexity index is 596. The average molecular weight is 354 g/mol. The van der Waals surface area contributed by atoms with Crippen LogP contribution in [0.4, 0.5) is 10.1 Å². The van der Waals surface area contributed by atoms with Crippen LogP contribution >= 0.6 is 0 Å². The molecule has 1 atom stereocenters. The number of para-hydroxylation sites is 1. The summed E-state index contributed by atoms with van der Waals surface area (Å²) in [5, 5.41) is 17.4. The second-order valence-corrected chi connectivity index (χ2v) is 5.94. The Morgan fingerprint density at radius 3 is 2.44 bits per heavy atom. The summed E-state index contributed by atoms with van der Waals surface area (Å²) in [7, 11) is 0. The van der Waals surface area contributed by atoms with Crippen molar-refractivity contribution in [2.24, 2.45) is 5.92 Å². The van der Waals surface area contributed by atoms with Gasteiger partial charge in [-0.15, -0.1) is 0 Å². The molecule has 1 aliphatic rings. The van der Waals surface area contributed by atoms with E-state index in [2.05, 4.69) is 17.1 Å². The van der Waals surface area contributed by atoms with Gasteiger partial charge >= 0.3 is 11.9 Å². The maximum atomic E-state index is 13.4. The molecule has 0 radical (unpaired) electrons. The lowest BCUT2D eigenvalue weighted by Crippen LogP contribution is -2.36. The predicted molar refractivity (Wildman–Crippen MR) is 89.8 cm³/mol. The molecule has 1 saturated heterocycles. The number of benzene rings is 1. The van der Waals surface area contributed by atoms with Crippen LogP contribution in [0.25, 0.3) is 0 Å². The Kier molecular flexibility index (Phi) is 8.55. The molecule has 2 rings (SSSR count). The summed E-state index contributed by atoms with van der Waals surface area (Å²) < 4.78 is 13.4. The number of halogens is 1. The monoisotopic (exact) mass is 354 g/mol. The van der Waals surface area contributed by atoms with Crippen LogP contribution in [0.2, 0.25) is 0 Å². The molecule has 0 saturated carbocycles. The lowest BCUT2D eigenvalue weighted by Gasteiger charge is -2.30. The number of piperidine rings is 1. The number of carbonyl (C=O) groups excluding carboxylic acids is 1. The number of nitrogens with one attached hydrogen (secondary N) is 1.